The smallest absolute Gasteiger partial charge is 0.251 e. The molecule has 1 aromatic heterocycles. The molecule has 9 nitrogen and oxygen atoms in total. The molecule has 0 spiro atoms. The van der Waals surface area contributed by atoms with Gasteiger partial charge in [0.25, 0.3) is 5.91 Å². The number of benzene rings is 2. The normalized spacial score (nSPS) is 20.0. The first-order chi connectivity index (χ1) is 20.6. The third-order valence-corrected chi connectivity index (χ3v) is 8.74. The first kappa shape index (κ1) is 28.9. The van der Waals surface area contributed by atoms with Crippen molar-refractivity contribution in [3.63, 3.8) is 0 Å². The molecule has 1 aliphatic heterocycles. The maximum Gasteiger partial charge on any atom is 0.251 e. The van der Waals surface area contributed by atoms with Gasteiger partial charge in [0, 0.05) is 51.6 Å². The Morgan fingerprint density at radius 3 is 2.67 bits per heavy atom. The van der Waals surface area contributed by atoms with Gasteiger partial charge < -0.3 is 26.3 Å². The highest BCUT2D eigenvalue weighted by Crippen LogP contribution is 2.48. The van der Waals surface area contributed by atoms with Crippen molar-refractivity contribution >= 4 is 35.3 Å². The molecule has 43 heavy (non-hydrogen) atoms. The fourth-order valence-corrected chi connectivity index (χ4v) is 5.60. The van der Waals surface area contributed by atoms with Crippen LogP contribution >= 0.6 is 11.6 Å². The maximum absolute atomic E-state index is 15.2. The number of nitrogens with two attached hydrogens (primary N) is 2. The predicted molar refractivity (Wildman–Crippen MR) is 163 cm³/mol. The molecule has 11 heteroatoms. The molecule has 0 bridgehead atoms. The number of carbonyl (C=O) groups excluding carboxylic acids is 2. The molecule has 224 valence electrons. The Labute approximate surface area is 253 Å². The molecule has 2 fully saturated rings. The summed E-state index contributed by atoms with van der Waals surface area (Å²) in [5, 5.41) is 3.30. The molecule has 0 saturated heterocycles. The minimum atomic E-state index is -1.12. The lowest BCUT2D eigenvalue weighted by atomic mass is 9.82. The van der Waals surface area contributed by atoms with E-state index in [-0.39, 0.29) is 47.2 Å². The minimum absolute atomic E-state index is 0.0151. The zero-order valence-corrected chi connectivity index (χ0v) is 24.7. The van der Waals surface area contributed by atoms with Gasteiger partial charge in [-0.05, 0) is 74.9 Å². The highest BCUT2D eigenvalue weighted by Gasteiger charge is 2.45. The third kappa shape index (κ3) is 5.63. The number of hydrogen-bond acceptors (Lipinski definition) is 7. The Balaban J connectivity index is 1.34. The van der Waals surface area contributed by atoms with Gasteiger partial charge in [-0.1, -0.05) is 11.6 Å². The zero-order valence-electron chi connectivity index (χ0n) is 24.0. The number of halogens is 2. The Kier molecular flexibility index (Phi) is 7.50. The molecule has 0 unspecified atom stereocenters. The fourth-order valence-electron chi connectivity index (χ4n) is 5.44. The number of hydrogen-bond donors (Lipinski definition) is 3. The van der Waals surface area contributed by atoms with E-state index in [1.165, 1.54) is 13.2 Å². The number of nitrogen functional groups attached to an aromatic ring is 1. The van der Waals surface area contributed by atoms with Gasteiger partial charge in [-0.15, -0.1) is 0 Å². The molecule has 3 aliphatic rings. The van der Waals surface area contributed by atoms with Gasteiger partial charge in [0.2, 0.25) is 5.91 Å². The summed E-state index contributed by atoms with van der Waals surface area (Å²) < 4.78 is 26.5. The van der Waals surface area contributed by atoms with Crippen LogP contribution in [0.25, 0.3) is 11.3 Å². The summed E-state index contributed by atoms with van der Waals surface area (Å²) in [4.78, 5) is 35.4. The molecular weight excluding hydrogens is 573 g/mol. The largest absolute Gasteiger partial charge is 0.495 e. The summed E-state index contributed by atoms with van der Waals surface area (Å²) in [6.45, 7) is 1.99. The second kappa shape index (κ2) is 11.1. The van der Waals surface area contributed by atoms with E-state index in [1.54, 1.807) is 37.4 Å². The van der Waals surface area contributed by atoms with Crippen LogP contribution in [0.3, 0.4) is 0 Å². The first-order valence-electron chi connectivity index (χ1n) is 14.3. The Hall–Kier alpha value is -4.18. The average molecular weight is 606 g/mol. The molecule has 2 heterocycles. The van der Waals surface area contributed by atoms with Gasteiger partial charge in [-0.3, -0.25) is 14.6 Å². The molecule has 2 aromatic carbocycles. The monoisotopic (exact) mass is 605 g/mol. The van der Waals surface area contributed by atoms with Crippen molar-refractivity contribution in [3.8, 4) is 22.8 Å². The minimum Gasteiger partial charge on any atom is -0.495 e. The van der Waals surface area contributed by atoms with E-state index in [0.717, 1.165) is 25.7 Å². The quantitative estimate of drug-likeness (QED) is 0.224. The number of carbonyl (C=O) groups is 2. The number of amides is 2. The number of methoxy groups -OCH3 is 1. The number of nitrogens with one attached hydrogen (secondary N) is 1. The van der Waals surface area contributed by atoms with Crippen molar-refractivity contribution in [2.75, 3.05) is 26.0 Å². The van der Waals surface area contributed by atoms with Gasteiger partial charge >= 0.3 is 0 Å². The third-order valence-electron chi connectivity index (χ3n) is 8.50. The van der Waals surface area contributed by atoms with E-state index in [2.05, 4.69) is 10.3 Å². The van der Waals surface area contributed by atoms with E-state index in [9.17, 15) is 9.59 Å². The van der Waals surface area contributed by atoms with E-state index >= 15 is 4.39 Å². The number of aliphatic imine (C=N–C) groups is 1. The van der Waals surface area contributed by atoms with Crippen molar-refractivity contribution in [1.29, 1.82) is 0 Å². The Bertz CT molecular complexity index is 1660. The number of ether oxygens (including phenoxy) is 2. The lowest BCUT2D eigenvalue weighted by Gasteiger charge is -2.22. The second-order valence-corrected chi connectivity index (χ2v) is 12.2. The van der Waals surface area contributed by atoms with Crippen molar-refractivity contribution < 1.29 is 23.5 Å². The summed E-state index contributed by atoms with van der Waals surface area (Å²) in [6.07, 6.45) is 5.69. The van der Waals surface area contributed by atoms with Crippen molar-refractivity contribution in [3.05, 3.63) is 69.6 Å². The Morgan fingerprint density at radius 1 is 1.26 bits per heavy atom. The number of nitrogens with zero attached hydrogens (tertiary/aromatic N) is 2. The van der Waals surface area contributed by atoms with Gasteiger partial charge in [-0.2, -0.15) is 0 Å². The lowest BCUT2D eigenvalue weighted by molar-refractivity contribution is -0.123. The average Bonchev–Trinajstić information content (AvgIpc) is 3.92. The standard InChI is InChI=1S/C32H33ClFN5O4/c1-32(31(36)41)15-43-29-23(32)12-25(39-28(29)21-8-5-19(33)11-24(21)34)22(16-3-4-16)14-38-30(40)17-9-18(13-37-20-6-7-20)27(35)26(10-17)42-2/h5,8-13,16,20,22H,3-4,6-7,14-15,35H2,1-2H3,(H2,36,41)(H,38,40)/t22-,32-/m0/s1. The number of rotatable bonds is 10. The van der Waals surface area contributed by atoms with E-state index < -0.39 is 17.1 Å². The molecule has 3 aromatic rings. The van der Waals surface area contributed by atoms with Crippen LogP contribution in [0.5, 0.6) is 11.5 Å². The molecule has 5 N–H and O–H groups in total. The number of anilines is 1. The summed E-state index contributed by atoms with van der Waals surface area (Å²) in [7, 11) is 1.50. The van der Waals surface area contributed by atoms with E-state index in [0.29, 0.717) is 45.6 Å². The van der Waals surface area contributed by atoms with Gasteiger partial charge in [-0.25, -0.2) is 9.37 Å². The van der Waals surface area contributed by atoms with E-state index in [1.807, 2.05) is 6.07 Å². The first-order valence-corrected chi connectivity index (χ1v) is 14.7. The predicted octanol–water partition coefficient (Wildman–Crippen LogP) is 4.77. The number of primary amides is 1. The summed E-state index contributed by atoms with van der Waals surface area (Å²) in [5.74, 6) is -0.666. The molecule has 2 amide bonds. The fraction of sp³-hybridized carbons (Fsp3) is 0.375. The molecule has 6 rings (SSSR count). The topological polar surface area (TPSA) is 142 Å². The molecule has 0 radical (unpaired) electrons. The molecular formula is C32H33ClFN5O4. The number of aromatic nitrogens is 1. The van der Waals surface area contributed by atoms with Crippen LogP contribution in [-0.4, -0.2) is 49.3 Å². The summed E-state index contributed by atoms with van der Waals surface area (Å²) in [5.41, 5.74) is 14.0. The van der Waals surface area contributed by atoms with Crippen LogP contribution < -0.4 is 26.3 Å². The van der Waals surface area contributed by atoms with Crippen molar-refractivity contribution in [2.45, 2.75) is 50.0 Å². The highest BCUT2D eigenvalue weighted by molar-refractivity contribution is 6.30. The number of fused-ring (bicyclic) bond motifs is 1. The van der Waals surface area contributed by atoms with E-state index in [4.69, 9.17) is 37.5 Å². The molecule has 2 aliphatic carbocycles. The Morgan fingerprint density at radius 2 is 2.02 bits per heavy atom. The van der Waals surface area contributed by atoms with Crippen LogP contribution in [0.2, 0.25) is 5.02 Å². The van der Waals surface area contributed by atoms with Crippen LogP contribution in [0.4, 0.5) is 10.1 Å². The second-order valence-electron chi connectivity index (χ2n) is 11.7. The van der Waals surface area contributed by atoms with Crippen LogP contribution in [-0.2, 0) is 10.2 Å². The lowest BCUT2D eigenvalue weighted by Crippen LogP contribution is -2.40. The zero-order chi connectivity index (χ0) is 30.5. The highest BCUT2D eigenvalue weighted by atomic mass is 35.5. The number of pyridine rings is 1. The van der Waals surface area contributed by atoms with Crippen LogP contribution in [0.1, 0.15) is 65.7 Å². The van der Waals surface area contributed by atoms with Gasteiger partial charge in [0.15, 0.2) is 0 Å². The maximum atomic E-state index is 15.2. The molecule has 2 saturated carbocycles. The SMILES string of the molecule is COc1cc(C(=O)NC[C@H](c2cc3c(c(-c4ccc(Cl)cc4F)n2)OC[C@]3(C)C(N)=O)C2CC2)cc(C=NC2CC2)c1N. The van der Waals surface area contributed by atoms with Crippen LogP contribution in [0.15, 0.2) is 41.4 Å². The summed E-state index contributed by atoms with van der Waals surface area (Å²) in [6, 6.07) is 9.76. The van der Waals surface area contributed by atoms with Crippen molar-refractivity contribution in [1.82, 2.24) is 10.3 Å². The summed E-state index contributed by atoms with van der Waals surface area (Å²) >= 11 is 6.02. The van der Waals surface area contributed by atoms with Crippen molar-refractivity contribution in [2.24, 2.45) is 16.6 Å². The van der Waals surface area contributed by atoms with Gasteiger partial charge in [0.05, 0.1) is 18.8 Å². The molecule has 2 atom stereocenters. The van der Waals surface area contributed by atoms with Crippen LogP contribution in [0, 0.1) is 11.7 Å². The van der Waals surface area contributed by atoms with Gasteiger partial charge in [0.1, 0.15) is 35.0 Å².